The van der Waals surface area contributed by atoms with Crippen molar-refractivity contribution >= 4 is 33.5 Å². The summed E-state index contributed by atoms with van der Waals surface area (Å²) in [4.78, 5) is 27.4. The lowest BCUT2D eigenvalue weighted by atomic mass is 10.1. The minimum absolute atomic E-state index is 0.0225. The van der Waals surface area contributed by atoms with Crippen LogP contribution in [0.1, 0.15) is 26.4 Å². The van der Waals surface area contributed by atoms with E-state index in [1.54, 1.807) is 37.4 Å². The van der Waals surface area contributed by atoms with Crippen molar-refractivity contribution in [2.75, 3.05) is 5.32 Å². The molecule has 2 aromatic rings. The van der Waals surface area contributed by atoms with Gasteiger partial charge in [-0.05, 0) is 47.1 Å². The molecule has 0 bridgehead atoms. The number of pyridine rings is 1. The van der Waals surface area contributed by atoms with Gasteiger partial charge >= 0.3 is 5.97 Å². The van der Waals surface area contributed by atoms with Crippen molar-refractivity contribution in [2.24, 2.45) is 0 Å². The number of nitrogens with zero attached hydrogens (tertiary/aromatic N) is 1. The van der Waals surface area contributed by atoms with Gasteiger partial charge in [0.25, 0.3) is 5.91 Å². The van der Waals surface area contributed by atoms with E-state index in [2.05, 4.69) is 26.2 Å². The van der Waals surface area contributed by atoms with Gasteiger partial charge in [0, 0.05) is 16.4 Å². The number of hydrogen-bond acceptors (Lipinski definition) is 3. The molecule has 2 N–H and O–H groups in total. The highest BCUT2D eigenvalue weighted by Crippen LogP contribution is 2.27. The molecule has 1 heterocycles. The van der Waals surface area contributed by atoms with Crippen molar-refractivity contribution in [2.45, 2.75) is 6.92 Å². The number of aromatic nitrogens is 1. The van der Waals surface area contributed by atoms with Crippen LogP contribution < -0.4 is 5.32 Å². The predicted octanol–water partition coefficient (Wildman–Crippen LogP) is 3.10. The van der Waals surface area contributed by atoms with Crippen molar-refractivity contribution in [3.63, 3.8) is 0 Å². The van der Waals surface area contributed by atoms with Crippen LogP contribution in [-0.2, 0) is 0 Å². The van der Waals surface area contributed by atoms with Crippen molar-refractivity contribution in [1.82, 2.24) is 4.98 Å². The van der Waals surface area contributed by atoms with E-state index >= 15 is 0 Å². The maximum Gasteiger partial charge on any atom is 0.337 e. The monoisotopic (exact) mass is 334 g/mol. The maximum atomic E-state index is 12.2. The van der Waals surface area contributed by atoms with Gasteiger partial charge in [0.05, 0.1) is 16.8 Å². The number of para-hydroxylation sites is 1. The molecule has 0 saturated carbocycles. The Hall–Kier alpha value is -2.21. The second-order valence-electron chi connectivity index (χ2n) is 4.06. The zero-order valence-electron chi connectivity index (χ0n) is 10.6. The van der Waals surface area contributed by atoms with Crippen molar-refractivity contribution in [3.05, 3.63) is 57.8 Å². The topological polar surface area (TPSA) is 79.3 Å². The number of halogens is 1. The number of hydrogen-bond donors (Lipinski definition) is 2. The Balaban J connectivity index is 2.38. The summed E-state index contributed by atoms with van der Waals surface area (Å²) in [6, 6.07) is 7.98. The van der Waals surface area contributed by atoms with Gasteiger partial charge < -0.3 is 10.4 Å². The van der Waals surface area contributed by atoms with E-state index in [0.717, 1.165) is 0 Å². The van der Waals surface area contributed by atoms with Crippen LogP contribution in [0.2, 0.25) is 0 Å². The molecule has 0 saturated heterocycles. The summed E-state index contributed by atoms with van der Waals surface area (Å²) in [6.45, 7) is 1.72. The standard InChI is InChI=1S/C14H11BrN2O3/c1-8-9(5-3-7-16-8)13(18)17-12-10(14(19)20)4-2-6-11(12)15/h2-7H,1H3,(H,17,18)(H,19,20). The Kier molecular flexibility index (Phi) is 4.14. The van der Waals surface area contributed by atoms with Gasteiger partial charge in [0.1, 0.15) is 0 Å². The molecule has 1 amide bonds. The molecule has 0 radical (unpaired) electrons. The van der Waals surface area contributed by atoms with Gasteiger partial charge in [-0.25, -0.2) is 4.79 Å². The Morgan fingerprint density at radius 2 is 1.90 bits per heavy atom. The summed E-state index contributed by atoms with van der Waals surface area (Å²) in [6.07, 6.45) is 1.59. The molecule has 0 aliphatic carbocycles. The number of aryl methyl sites for hydroxylation is 1. The summed E-state index contributed by atoms with van der Waals surface area (Å²) in [5, 5.41) is 11.8. The minimum Gasteiger partial charge on any atom is -0.478 e. The number of nitrogens with one attached hydrogen (secondary N) is 1. The number of carbonyl (C=O) groups is 2. The summed E-state index contributed by atoms with van der Waals surface area (Å²) in [5.41, 5.74) is 1.23. The van der Waals surface area contributed by atoms with E-state index in [-0.39, 0.29) is 11.3 Å². The fraction of sp³-hybridized carbons (Fsp3) is 0.0714. The predicted molar refractivity (Wildman–Crippen MR) is 78.0 cm³/mol. The quantitative estimate of drug-likeness (QED) is 0.903. The molecule has 102 valence electrons. The van der Waals surface area contributed by atoms with Crippen molar-refractivity contribution in [3.8, 4) is 0 Å². The summed E-state index contributed by atoms with van der Waals surface area (Å²) < 4.78 is 0.507. The molecule has 0 unspecified atom stereocenters. The molecule has 20 heavy (non-hydrogen) atoms. The van der Waals surface area contributed by atoms with Crippen LogP contribution in [0.3, 0.4) is 0 Å². The fourth-order valence-electron chi connectivity index (χ4n) is 1.73. The van der Waals surface area contributed by atoms with Gasteiger partial charge in [-0.15, -0.1) is 0 Å². The molecule has 1 aromatic carbocycles. The van der Waals surface area contributed by atoms with E-state index in [9.17, 15) is 9.59 Å². The summed E-state index contributed by atoms with van der Waals surface area (Å²) >= 11 is 3.24. The van der Waals surface area contributed by atoms with Crippen molar-refractivity contribution in [1.29, 1.82) is 0 Å². The highest BCUT2D eigenvalue weighted by molar-refractivity contribution is 9.10. The Bertz CT molecular complexity index is 686. The summed E-state index contributed by atoms with van der Waals surface area (Å²) in [7, 11) is 0. The Labute approximate surface area is 123 Å². The number of aromatic carboxylic acids is 1. The first kappa shape index (κ1) is 14.2. The van der Waals surface area contributed by atoms with E-state index < -0.39 is 11.9 Å². The molecule has 5 nitrogen and oxygen atoms in total. The van der Waals surface area contributed by atoms with Gasteiger partial charge in [-0.3, -0.25) is 9.78 Å². The second-order valence-corrected chi connectivity index (χ2v) is 4.91. The third kappa shape index (κ3) is 2.85. The maximum absolute atomic E-state index is 12.2. The zero-order valence-corrected chi connectivity index (χ0v) is 12.1. The molecule has 0 atom stereocenters. The van der Waals surface area contributed by atoms with E-state index in [4.69, 9.17) is 5.11 Å². The summed E-state index contributed by atoms with van der Waals surface area (Å²) in [5.74, 6) is -1.51. The lowest BCUT2D eigenvalue weighted by molar-refractivity contribution is 0.0698. The number of carboxylic acids is 1. The Morgan fingerprint density at radius 3 is 2.55 bits per heavy atom. The molecular formula is C14H11BrN2O3. The third-order valence-electron chi connectivity index (χ3n) is 2.73. The van der Waals surface area contributed by atoms with E-state index in [0.29, 0.717) is 15.7 Å². The van der Waals surface area contributed by atoms with Crippen LogP contribution in [0.4, 0.5) is 5.69 Å². The third-order valence-corrected chi connectivity index (χ3v) is 3.39. The molecule has 0 aliphatic rings. The van der Waals surface area contributed by atoms with Gasteiger partial charge in [0.15, 0.2) is 0 Å². The first-order chi connectivity index (χ1) is 9.50. The van der Waals surface area contributed by atoms with Crippen LogP contribution >= 0.6 is 15.9 Å². The van der Waals surface area contributed by atoms with Crippen LogP contribution in [0.5, 0.6) is 0 Å². The normalized spacial score (nSPS) is 10.1. The molecule has 0 aliphatic heterocycles. The van der Waals surface area contributed by atoms with Gasteiger partial charge in [-0.1, -0.05) is 6.07 Å². The lowest BCUT2D eigenvalue weighted by Gasteiger charge is -2.11. The molecule has 6 heteroatoms. The number of benzene rings is 1. The first-order valence-corrected chi connectivity index (χ1v) is 6.55. The van der Waals surface area contributed by atoms with Gasteiger partial charge in [-0.2, -0.15) is 0 Å². The van der Waals surface area contributed by atoms with E-state index in [1.807, 2.05) is 0 Å². The number of rotatable bonds is 3. The highest BCUT2D eigenvalue weighted by atomic mass is 79.9. The van der Waals surface area contributed by atoms with Crippen LogP contribution in [0.25, 0.3) is 0 Å². The number of carboxylic acid groups (broad SMARTS) is 1. The number of anilines is 1. The number of carbonyl (C=O) groups excluding carboxylic acids is 1. The Morgan fingerprint density at radius 1 is 1.20 bits per heavy atom. The van der Waals surface area contributed by atoms with Crippen LogP contribution in [0, 0.1) is 6.92 Å². The molecule has 0 fully saturated rings. The average Bonchev–Trinajstić information content (AvgIpc) is 2.41. The molecule has 2 rings (SSSR count). The van der Waals surface area contributed by atoms with Crippen molar-refractivity contribution < 1.29 is 14.7 Å². The lowest BCUT2D eigenvalue weighted by Crippen LogP contribution is -2.16. The molecular weight excluding hydrogens is 324 g/mol. The van der Waals surface area contributed by atoms with Crippen LogP contribution in [-0.4, -0.2) is 22.0 Å². The zero-order chi connectivity index (χ0) is 14.7. The highest BCUT2D eigenvalue weighted by Gasteiger charge is 2.17. The molecule has 0 spiro atoms. The van der Waals surface area contributed by atoms with Crippen LogP contribution in [0.15, 0.2) is 41.0 Å². The number of amides is 1. The fourth-order valence-corrected chi connectivity index (χ4v) is 2.20. The SMILES string of the molecule is Cc1ncccc1C(=O)Nc1c(Br)cccc1C(=O)O. The second kappa shape index (κ2) is 5.83. The van der Waals surface area contributed by atoms with Gasteiger partial charge in [0.2, 0.25) is 0 Å². The minimum atomic E-state index is -1.11. The first-order valence-electron chi connectivity index (χ1n) is 5.75. The van der Waals surface area contributed by atoms with E-state index in [1.165, 1.54) is 6.07 Å². The smallest absolute Gasteiger partial charge is 0.337 e. The average molecular weight is 335 g/mol. The molecule has 1 aromatic heterocycles. The largest absolute Gasteiger partial charge is 0.478 e.